The van der Waals surface area contributed by atoms with Gasteiger partial charge in [0, 0.05) is 19.3 Å². The van der Waals surface area contributed by atoms with Crippen molar-refractivity contribution in [1.29, 1.82) is 0 Å². The molecule has 0 aliphatic carbocycles. The summed E-state index contributed by atoms with van der Waals surface area (Å²) in [6, 6.07) is 7.90. The van der Waals surface area contributed by atoms with Crippen molar-refractivity contribution in [1.82, 2.24) is 19.5 Å². The number of ether oxygens (including phenoxy) is 1. The number of methoxy groups -OCH3 is 1. The van der Waals surface area contributed by atoms with E-state index in [1.165, 1.54) is 5.69 Å². The molecule has 3 heterocycles. The predicted molar refractivity (Wildman–Crippen MR) is 79.4 cm³/mol. The molecule has 4 rings (SSSR count). The van der Waals surface area contributed by atoms with Gasteiger partial charge in [0.2, 0.25) is 11.8 Å². The standard InChI is InChI=1S/C15H15N5O/c1-21-14-12-4-2-3-5-13(12)17-15(18-14)19-6-7-20-10-16-8-11(20)9-19/h2-5,8,10H,6-7,9H2,1H3. The molecular weight excluding hydrogens is 266 g/mol. The first-order chi connectivity index (χ1) is 10.3. The number of nitrogens with zero attached hydrogens (tertiary/aromatic N) is 5. The quantitative estimate of drug-likeness (QED) is 0.717. The van der Waals surface area contributed by atoms with Crippen LogP contribution in [0.4, 0.5) is 5.95 Å². The molecule has 0 saturated carbocycles. The van der Waals surface area contributed by atoms with Crippen molar-refractivity contribution in [3.8, 4) is 5.88 Å². The SMILES string of the molecule is COc1nc(N2CCn3cncc3C2)nc2ccccc12. The van der Waals surface area contributed by atoms with Gasteiger partial charge in [-0.3, -0.25) is 0 Å². The smallest absolute Gasteiger partial charge is 0.229 e. The summed E-state index contributed by atoms with van der Waals surface area (Å²) in [5.74, 6) is 1.33. The van der Waals surface area contributed by atoms with Crippen molar-refractivity contribution in [2.45, 2.75) is 13.1 Å². The van der Waals surface area contributed by atoms with Crippen molar-refractivity contribution in [3.05, 3.63) is 42.5 Å². The monoisotopic (exact) mass is 281 g/mol. The van der Waals surface area contributed by atoms with Crippen LogP contribution in [-0.2, 0) is 13.1 Å². The molecule has 21 heavy (non-hydrogen) atoms. The van der Waals surface area contributed by atoms with Gasteiger partial charge in [-0.05, 0) is 12.1 Å². The van der Waals surface area contributed by atoms with Crippen LogP contribution in [0.15, 0.2) is 36.8 Å². The summed E-state index contributed by atoms with van der Waals surface area (Å²) in [4.78, 5) is 15.6. The van der Waals surface area contributed by atoms with E-state index in [0.29, 0.717) is 11.8 Å². The summed E-state index contributed by atoms with van der Waals surface area (Å²) in [5.41, 5.74) is 2.08. The second-order valence-electron chi connectivity index (χ2n) is 5.05. The van der Waals surface area contributed by atoms with Crippen LogP contribution in [0.5, 0.6) is 5.88 Å². The highest BCUT2D eigenvalue weighted by Gasteiger charge is 2.20. The van der Waals surface area contributed by atoms with E-state index in [-0.39, 0.29) is 0 Å². The van der Waals surface area contributed by atoms with Crippen molar-refractivity contribution in [3.63, 3.8) is 0 Å². The maximum atomic E-state index is 5.42. The Hall–Kier alpha value is -2.63. The first kappa shape index (κ1) is 12.1. The minimum atomic E-state index is 0.620. The largest absolute Gasteiger partial charge is 0.480 e. The van der Waals surface area contributed by atoms with Crippen LogP contribution in [0.25, 0.3) is 10.9 Å². The molecule has 0 spiro atoms. The third-order valence-corrected chi connectivity index (χ3v) is 3.79. The average Bonchev–Trinajstić information content (AvgIpc) is 3.01. The molecule has 106 valence electrons. The molecule has 0 unspecified atom stereocenters. The Morgan fingerprint density at radius 3 is 2.95 bits per heavy atom. The number of hydrogen-bond acceptors (Lipinski definition) is 5. The second-order valence-corrected chi connectivity index (χ2v) is 5.05. The van der Waals surface area contributed by atoms with Gasteiger partial charge in [0.15, 0.2) is 0 Å². The lowest BCUT2D eigenvalue weighted by atomic mass is 10.2. The molecule has 0 atom stereocenters. The number of imidazole rings is 1. The van der Waals surface area contributed by atoms with Gasteiger partial charge in [-0.25, -0.2) is 9.97 Å². The van der Waals surface area contributed by atoms with E-state index in [1.54, 1.807) is 7.11 Å². The maximum absolute atomic E-state index is 5.42. The molecule has 6 nitrogen and oxygen atoms in total. The molecule has 0 saturated heterocycles. The van der Waals surface area contributed by atoms with E-state index >= 15 is 0 Å². The first-order valence-electron chi connectivity index (χ1n) is 6.90. The summed E-state index contributed by atoms with van der Waals surface area (Å²) >= 11 is 0. The molecule has 0 fully saturated rings. The maximum Gasteiger partial charge on any atom is 0.229 e. The Morgan fingerprint density at radius 2 is 2.05 bits per heavy atom. The van der Waals surface area contributed by atoms with Crippen LogP contribution >= 0.6 is 0 Å². The minimum absolute atomic E-state index is 0.620. The minimum Gasteiger partial charge on any atom is -0.480 e. The molecule has 1 aliphatic heterocycles. The van der Waals surface area contributed by atoms with Crippen LogP contribution in [0.1, 0.15) is 5.69 Å². The molecule has 3 aromatic rings. The number of fused-ring (bicyclic) bond motifs is 2. The Bertz CT molecular complexity index is 798. The van der Waals surface area contributed by atoms with E-state index in [2.05, 4.69) is 24.4 Å². The Labute approximate surface area is 122 Å². The molecule has 0 bridgehead atoms. The zero-order valence-electron chi connectivity index (χ0n) is 11.7. The zero-order valence-corrected chi connectivity index (χ0v) is 11.7. The number of para-hydroxylation sites is 1. The summed E-state index contributed by atoms with van der Waals surface area (Å²) in [7, 11) is 1.64. The molecule has 1 aromatic carbocycles. The topological polar surface area (TPSA) is 56.1 Å². The fraction of sp³-hybridized carbons (Fsp3) is 0.267. The van der Waals surface area contributed by atoms with Gasteiger partial charge in [0.1, 0.15) is 0 Å². The van der Waals surface area contributed by atoms with E-state index < -0.39 is 0 Å². The number of hydrogen-bond donors (Lipinski definition) is 0. The van der Waals surface area contributed by atoms with Crippen molar-refractivity contribution in [2.24, 2.45) is 0 Å². The van der Waals surface area contributed by atoms with E-state index in [9.17, 15) is 0 Å². The Kier molecular flexibility index (Phi) is 2.73. The molecule has 0 N–H and O–H groups in total. The highest BCUT2D eigenvalue weighted by molar-refractivity contribution is 5.84. The van der Waals surface area contributed by atoms with Gasteiger partial charge >= 0.3 is 0 Å². The third kappa shape index (κ3) is 1.99. The highest BCUT2D eigenvalue weighted by Crippen LogP contribution is 2.26. The van der Waals surface area contributed by atoms with E-state index in [0.717, 1.165) is 30.5 Å². The summed E-state index contributed by atoms with van der Waals surface area (Å²) in [6.45, 7) is 2.53. The average molecular weight is 281 g/mol. The second kappa shape index (κ2) is 4.73. The van der Waals surface area contributed by atoms with Gasteiger partial charge in [0.05, 0.1) is 36.6 Å². The fourth-order valence-corrected chi connectivity index (χ4v) is 2.69. The Morgan fingerprint density at radius 1 is 1.14 bits per heavy atom. The van der Waals surface area contributed by atoms with Crippen LogP contribution in [0, 0.1) is 0 Å². The summed E-state index contributed by atoms with van der Waals surface area (Å²) < 4.78 is 7.58. The van der Waals surface area contributed by atoms with Crippen LogP contribution in [0.3, 0.4) is 0 Å². The molecule has 6 heteroatoms. The lowest BCUT2D eigenvalue weighted by molar-refractivity contribution is 0.402. The molecular formula is C15H15N5O. The van der Waals surface area contributed by atoms with Crippen molar-refractivity contribution >= 4 is 16.9 Å². The summed E-state index contributed by atoms with van der Waals surface area (Å²) in [5, 5.41) is 0.936. The van der Waals surface area contributed by atoms with Gasteiger partial charge < -0.3 is 14.2 Å². The lowest BCUT2D eigenvalue weighted by Crippen LogP contribution is -2.34. The molecule has 0 amide bonds. The summed E-state index contributed by atoms with van der Waals surface area (Å²) in [6.07, 6.45) is 3.76. The number of rotatable bonds is 2. The Balaban J connectivity index is 1.77. The van der Waals surface area contributed by atoms with Crippen molar-refractivity contribution < 1.29 is 4.74 Å². The molecule has 0 radical (unpaired) electrons. The van der Waals surface area contributed by atoms with E-state index in [4.69, 9.17) is 4.74 Å². The molecule has 1 aliphatic rings. The van der Waals surface area contributed by atoms with Crippen LogP contribution in [0.2, 0.25) is 0 Å². The number of benzene rings is 1. The van der Waals surface area contributed by atoms with Gasteiger partial charge in [0.25, 0.3) is 0 Å². The predicted octanol–water partition coefficient (Wildman–Crippen LogP) is 1.86. The first-order valence-corrected chi connectivity index (χ1v) is 6.90. The lowest BCUT2D eigenvalue weighted by Gasteiger charge is -2.28. The molecule has 2 aromatic heterocycles. The van der Waals surface area contributed by atoms with Crippen LogP contribution < -0.4 is 9.64 Å². The van der Waals surface area contributed by atoms with Gasteiger partial charge in [-0.15, -0.1) is 0 Å². The van der Waals surface area contributed by atoms with Gasteiger partial charge in [-0.1, -0.05) is 12.1 Å². The normalized spacial score (nSPS) is 14.2. The van der Waals surface area contributed by atoms with Gasteiger partial charge in [-0.2, -0.15) is 4.98 Å². The van der Waals surface area contributed by atoms with Crippen molar-refractivity contribution in [2.75, 3.05) is 18.6 Å². The number of aromatic nitrogens is 4. The fourth-order valence-electron chi connectivity index (χ4n) is 2.69. The zero-order chi connectivity index (χ0) is 14.2. The highest BCUT2D eigenvalue weighted by atomic mass is 16.5. The number of anilines is 1. The van der Waals surface area contributed by atoms with E-state index in [1.807, 2.05) is 36.8 Å². The third-order valence-electron chi connectivity index (χ3n) is 3.79. The van der Waals surface area contributed by atoms with Crippen LogP contribution in [-0.4, -0.2) is 33.2 Å².